The Morgan fingerprint density at radius 2 is 1.56 bits per heavy atom. The third-order valence-electron chi connectivity index (χ3n) is 6.34. The molecule has 0 saturated carbocycles. The molecule has 1 atom stereocenters. The quantitative estimate of drug-likeness (QED) is 0.499. The first kappa shape index (κ1) is 32.3. The normalized spacial score (nSPS) is 14.9. The standard InChI is InChI=1S/C25H35N3O3S.C2HF3O2/c1-19-16-20(2)25(21(3)17-19)32(30,31)28(18-22(4)23-8-6-5-7-9-23)13-10-24(29)27-14-11-26-12-15-27;3-2(4,5)1(6)7/h5-9,16-17,22,26H,10-15,18H2,1-4H3;(H,6,7). The number of alkyl halides is 3. The van der Waals surface area contributed by atoms with Crippen LogP contribution in [0.4, 0.5) is 13.2 Å². The number of carboxylic acids is 1. The van der Waals surface area contributed by atoms with Crippen molar-refractivity contribution in [3.05, 3.63) is 64.7 Å². The van der Waals surface area contributed by atoms with E-state index in [9.17, 15) is 26.4 Å². The molecular formula is C27H36F3N3O5S. The van der Waals surface area contributed by atoms with Crippen molar-refractivity contribution in [2.24, 2.45) is 0 Å². The number of benzene rings is 2. The van der Waals surface area contributed by atoms with Crippen LogP contribution in [0.15, 0.2) is 47.4 Å². The third-order valence-corrected chi connectivity index (χ3v) is 8.51. The molecule has 0 spiro atoms. The van der Waals surface area contributed by atoms with Crippen LogP contribution >= 0.6 is 0 Å². The van der Waals surface area contributed by atoms with Gasteiger partial charge in [0.1, 0.15) is 0 Å². The van der Waals surface area contributed by atoms with E-state index in [-0.39, 0.29) is 24.8 Å². The Morgan fingerprint density at radius 1 is 1.05 bits per heavy atom. The van der Waals surface area contributed by atoms with Gasteiger partial charge in [0, 0.05) is 45.7 Å². The Hall–Kier alpha value is -2.96. The molecule has 2 aromatic rings. The van der Waals surface area contributed by atoms with Crippen LogP contribution < -0.4 is 5.32 Å². The molecule has 12 heteroatoms. The second kappa shape index (κ2) is 13.9. The zero-order valence-corrected chi connectivity index (χ0v) is 23.4. The van der Waals surface area contributed by atoms with Crippen LogP contribution in [0.1, 0.15) is 41.5 Å². The number of piperazine rings is 1. The van der Waals surface area contributed by atoms with Crippen molar-refractivity contribution in [3.63, 3.8) is 0 Å². The molecule has 1 heterocycles. The van der Waals surface area contributed by atoms with Gasteiger partial charge >= 0.3 is 12.1 Å². The lowest BCUT2D eigenvalue weighted by Gasteiger charge is -2.30. The van der Waals surface area contributed by atoms with Crippen LogP contribution in [0.5, 0.6) is 0 Å². The maximum atomic E-state index is 13.8. The Bertz CT molecular complexity index is 1210. The molecule has 39 heavy (non-hydrogen) atoms. The first-order chi connectivity index (χ1) is 18.1. The number of sulfonamides is 1. The minimum absolute atomic E-state index is 0.00586. The summed E-state index contributed by atoms with van der Waals surface area (Å²) in [5.74, 6) is -2.74. The number of hydrogen-bond donors (Lipinski definition) is 2. The van der Waals surface area contributed by atoms with E-state index in [2.05, 4.69) is 5.32 Å². The number of rotatable bonds is 8. The van der Waals surface area contributed by atoms with Crippen LogP contribution in [-0.2, 0) is 19.6 Å². The summed E-state index contributed by atoms with van der Waals surface area (Å²) >= 11 is 0. The fourth-order valence-corrected chi connectivity index (χ4v) is 6.44. The van der Waals surface area contributed by atoms with Crippen molar-refractivity contribution < 1.29 is 36.3 Å². The molecule has 1 unspecified atom stereocenters. The predicted molar refractivity (Wildman–Crippen MR) is 142 cm³/mol. The van der Waals surface area contributed by atoms with Gasteiger partial charge in [0.05, 0.1) is 4.90 Å². The van der Waals surface area contributed by atoms with Crippen molar-refractivity contribution in [3.8, 4) is 0 Å². The molecule has 8 nitrogen and oxygen atoms in total. The molecule has 1 saturated heterocycles. The fourth-order valence-electron chi connectivity index (χ4n) is 4.50. The van der Waals surface area contributed by atoms with E-state index in [4.69, 9.17) is 9.90 Å². The topological polar surface area (TPSA) is 107 Å². The maximum absolute atomic E-state index is 13.8. The lowest BCUT2D eigenvalue weighted by molar-refractivity contribution is -0.192. The third kappa shape index (κ3) is 9.33. The molecule has 0 aromatic heterocycles. The van der Waals surface area contributed by atoms with Crippen LogP contribution in [0.25, 0.3) is 0 Å². The SMILES string of the molecule is Cc1cc(C)c(S(=O)(=O)N(CCC(=O)N2CCNCC2)CC(C)c2ccccc2)c(C)c1.O=C(O)C(F)(F)F. The molecular weight excluding hydrogens is 535 g/mol. The smallest absolute Gasteiger partial charge is 0.475 e. The average molecular weight is 572 g/mol. The number of halogens is 3. The first-order valence-corrected chi connectivity index (χ1v) is 14.0. The average Bonchev–Trinajstić information content (AvgIpc) is 2.86. The van der Waals surface area contributed by atoms with E-state index in [1.807, 2.05) is 75.1 Å². The summed E-state index contributed by atoms with van der Waals surface area (Å²) in [6.07, 6.45) is -4.90. The molecule has 2 aromatic carbocycles. The Morgan fingerprint density at radius 3 is 2.05 bits per heavy atom. The Kier molecular flexibility index (Phi) is 11.5. The highest BCUT2D eigenvalue weighted by Crippen LogP contribution is 2.28. The number of nitrogens with zero attached hydrogens (tertiary/aromatic N) is 2. The van der Waals surface area contributed by atoms with Gasteiger partial charge in [-0.1, -0.05) is 55.0 Å². The van der Waals surface area contributed by atoms with Crippen LogP contribution in [0, 0.1) is 20.8 Å². The summed E-state index contributed by atoms with van der Waals surface area (Å²) in [6, 6.07) is 13.7. The summed E-state index contributed by atoms with van der Waals surface area (Å²) in [5, 5.41) is 10.4. The number of carboxylic acid groups (broad SMARTS) is 1. The highest BCUT2D eigenvalue weighted by Gasteiger charge is 2.38. The summed E-state index contributed by atoms with van der Waals surface area (Å²) in [5.41, 5.74) is 3.61. The fraction of sp³-hybridized carbons (Fsp3) is 0.481. The van der Waals surface area contributed by atoms with Gasteiger partial charge in [-0.05, 0) is 43.4 Å². The second-order valence-corrected chi connectivity index (χ2v) is 11.5. The molecule has 216 valence electrons. The van der Waals surface area contributed by atoms with Crippen molar-refractivity contribution in [1.29, 1.82) is 0 Å². The highest BCUT2D eigenvalue weighted by molar-refractivity contribution is 7.89. The summed E-state index contributed by atoms with van der Waals surface area (Å²) in [7, 11) is -3.76. The van der Waals surface area contributed by atoms with Gasteiger partial charge in [0.15, 0.2) is 0 Å². The largest absolute Gasteiger partial charge is 0.490 e. The van der Waals surface area contributed by atoms with Crippen molar-refractivity contribution in [2.75, 3.05) is 39.3 Å². The van der Waals surface area contributed by atoms with Crippen LogP contribution in [-0.4, -0.2) is 80.1 Å². The number of carbonyl (C=O) groups is 2. The lowest BCUT2D eigenvalue weighted by atomic mass is 10.0. The summed E-state index contributed by atoms with van der Waals surface area (Å²) in [4.78, 5) is 23.9. The first-order valence-electron chi connectivity index (χ1n) is 12.6. The number of hydrogen-bond acceptors (Lipinski definition) is 5. The molecule has 2 N–H and O–H groups in total. The molecule has 0 bridgehead atoms. The predicted octanol–water partition coefficient (Wildman–Crippen LogP) is 3.86. The molecule has 1 amide bonds. The number of nitrogens with one attached hydrogen (secondary N) is 1. The van der Waals surface area contributed by atoms with Gasteiger partial charge in [-0.15, -0.1) is 0 Å². The second-order valence-electron chi connectivity index (χ2n) is 9.59. The molecule has 3 rings (SSSR count). The number of carbonyl (C=O) groups excluding carboxylic acids is 1. The van der Waals surface area contributed by atoms with Gasteiger partial charge in [-0.2, -0.15) is 17.5 Å². The van der Waals surface area contributed by atoms with E-state index in [1.54, 1.807) is 0 Å². The minimum atomic E-state index is -5.08. The maximum Gasteiger partial charge on any atom is 0.490 e. The minimum Gasteiger partial charge on any atom is -0.475 e. The van der Waals surface area contributed by atoms with E-state index in [0.29, 0.717) is 24.5 Å². The Labute approximate surface area is 227 Å². The van der Waals surface area contributed by atoms with E-state index < -0.39 is 22.2 Å². The monoisotopic (exact) mass is 571 g/mol. The van der Waals surface area contributed by atoms with E-state index in [0.717, 1.165) is 35.3 Å². The Balaban J connectivity index is 0.000000673. The number of aliphatic carboxylic acids is 1. The number of amides is 1. The van der Waals surface area contributed by atoms with Crippen molar-refractivity contribution in [2.45, 2.75) is 51.1 Å². The summed E-state index contributed by atoms with van der Waals surface area (Å²) in [6.45, 7) is 11.1. The van der Waals surface area contributed by atoms with Gasteiger partial charge in [-0.25, -0.2) is 13.2 Å². The summed E-state index contributed by atoms with van der Waals surface area (Å²) < 4.78 is 60.9. The van der Waals surface area contributed by atoms with Crippen LogP contribution in [0.3, 0.4) is 0 Å². The lowest BCUT2D eigenvalue weighted by Crippen LogP contribution is -2.47. The molecule has 1 aliphatic heterocycles. The van der Waals surface area contributed by atoms with Gasteiger partial charge in [0.2, 0.25) is 15.9 Å². The molecule has 1 aliphatic rings. The van der Waals surface area contributed by atoms with Crippen LogP contribution in [0.2, 0.25) is 0 Å². The zero-order chi connectivity index (χ0) is 29.4. The molecule has 0 aliphatic carbocycles. The van der Waals surface area contributed by atoms with Crippen molar-refractivity contribution in [1.82, 2.24) is 14.5 Å². The van der Waals surface area contributed by atoms with E-state index >= 15 is 0 Å². The highest BCUT2D eigenvalue weighted by atomic mass is 32.2. The van der Waals surface area contributed by atoms with Crippen molar-refractivity contribution >= 4 is 21.9 Å². The molecule has 1 fully saturated rings. The number of aryl methyl sites for hydroxylation is 3. The van der Waals surface area contributed by atoms with Gasteiger partial charge < -0.3 is 15.3 Å². The molecule has 0 radical (unpaired) electrons. The van der Waals surface area contributed by atoms with E-state index in [1.165, 1.54) is 4.31 Å². The zero-order valence-electron chi connectivity index (χ0n) is 22.6. The van der Waals surface area contributed by atoms with Gasteiger partial charge in [0.25, 0.3) is 0 Å². The van der Waals surface area contributed by atoms with Gasteiger partial charge in [-0.3, -0.25) is 4.79 Å².